The molecular formula is C25H18O4. The van der Waals surface area contributed by atoms with E-state index in [2.05, 4.69) is 0 Å². The highest BCUT2D eigenvalue weighted by Gasteiger charge is 2.15. The number of carbonyl (C=O) groups excluding carboxylic acids is 2. The van der Waals surface area contributed by atoms with Crippen molar-refractivity contribution in [1.29, 1.82) is 0 Å². The zero-order valence-corrected chi connectivity index (χ0v) is 15.8. The smallest absolute Gasteiger partial charge is 0.343 e. The van der Waals surface area contributed by atoms with Crippen LogP contribution in [0.3, 0.4) is 0 Å². The topological polar surface area (TPSA) is 52.6 Å². The summed E-state index contributed by atoms with van der Waals surface area (Å²) in [6.07, 6.45) is 0. The Balaban J connectivity index is 1.54. The molecule has 0 aromatic heterocycles. The van der Waals surface area contributed by atoms with Gasteiger partial charge in [-0.3, -0.25) is 0 Å². The number of benzene rings is 4. The zero-order valence-electron chi connectivity index (χ0n) is 15.8. The number of rotatable bonds is 4. The van der Waals surface area contributed by atoms with E-state index < -0.39 is 11.9 Å². The normalized spacial score (nSPS) is 10.5. The van der Waals surface area contributed by atoms with Gasteiger partial charge in [0.25, 0.3) is 0 Å². The molecule has 29 heavy (non-hydrogen) atoms. The Hall–Kier alpha value is -3.92. The zero-order chi connectivity index (χ0) is 20.2. The molecule has 0 aliphatic rings. The van der Waals surface area contributed by atoms with Gasteiger partial charge in [-0.05, 0) is 48.7 Å². The highest BCUT2D eigenvalue weighted by Crippen LogP contribution is 2.26. The van der Waals surface area contributed by atoms with Crippen LogP contribution >= 0.6 is 0 Å². The molecule has 0 heterocycles. The Morgan fingerprint density at radius 1 is 0.655 bits per heavy atom. The standard InChI is InChI=1S/C25H18O4/c1-17-12-14-21(15-13-17)28-24(26)19-8-4-9-20(16-19)25(27)29-23-11-5-7-18-6-2-3-10-22(18)23/h2-16H,1H3. The molecule has 0 unspecified atom stereocenters. The maximum Gasteiger partial charge on any atom is 0.343 e. The van der Waals surface area contributed by atoms with E-state index in [9.17, 15) is 9.59 Å². The van der Waals surface area contributed by atoms with Crippen molar-refractivity contribution >= 4 is 22.7 Å². The lowest BCUT2D eigenvalue weighted by atomic mass is 10.1. The average Bonchev–Trinajstić information content (AvgIpc) is 2.75. The van der Waals surface area contributed by atoms with Crippen LogP contribution in [0.4, 0.5) is 0 Å². The number of fused-ring (bicyclic) bond motifs is 1. The summed E-state index contributed by atoms with van der Waals surface area (Å²) in [7, 11) is 0. The molecule has 4 heteroatoms. The number of carbonyl (C=O) groups is 2. The third kappa shape index (κ3) is 4.17. The molecule has 0 saturated carbocycles. The van der Waals surface area contributed by atoms with Crippen LogP contribution in [-0.4, -0.2) is 11.9 Å². The van der Waals surface area contributed by atoms with Gasteiger partial charge < -0.3 is 9.47 Å². The van der Waals surface area contributed by atoms with Gasteiger partial charge in [0.2, 0.25) is 0 Å². The minimum Gasteiger partial charge on any atom is -0.423 e. The SMILES string of the molecule is Cc1ccc(OC(=O)c2cccc(C(=O)Oc3cccc4ccccc34)c2)cc1. The summed E-state index contributed by atoms with van der Waals surface area (Å²) >= 11 is 0. The lowest BCUT2D eigenvalue weighted by Crippen LogP contribution is -2.12. The number of hydrogen-bond acceptors (Lipinski definition) is 4. The second-order valence-electron chi connectivity index (χ2n) is 6.65. The summed E-state index contributed by atoms with van der Waals surface area (Å²) in [4.78, 5) is 25.1. The average molecular weight is 382 g/mol. The summed E-state index contributed by atoms with van der Waals surface area (Å²) in [5.41, 5.74) is 1.62. The van der Waals surface area contributed by atoms with E-state index in [-0.39, 0.29) is 11.1 Å². The van der Waals surface area contributed by atoms with Crippen LogP contribution in [-0.2, 0) is 0 Å². The van der Waals surface area contributed by atoms with Crippen LogP contribution in [0.5, 0.6) is 11.5 Å². The van der Waals surface area contributed by atoms with Crippen molar-refractivity contribution in [2.45, 2.75) is 6.92 Å². The van der Waals surface area contributed by atoms with Gasteiger partial charge in [-0.25, -0.2) is 9.59 Å². The van der Waals surface area contributed by atoms with Crippen molar-refractivity contribution in [2.75, 3.05) is 0 Å². The molecule has 4 nitrogen and oxygen atoms in total. The second kappa shape index (κ2) is 7.98. The molecule has 4 aromatic rings. The molecule has 0 aliphatic carbocycles. The van der Waals surface area contributed by atoms with Gasteiger partial charge in [-0.1, -0.05) is 60.2 Å². The van der Waals surface area contributed by atoms with E-state index in [0.717, 1.165) is 16.3 Å². The van der Waals surface area contributed by atoms with Crippen molar-refractivity contribution in [2.24, 2.45) is 0 Å². The molecule has 0 aliphatic heterocycles. The Morgan fingerprint density at radius 2 is 1.28 bits per heavy atom. The first kappa shape index (κ1) is 18.4. The second-order valence-corrected chi connectivity index (χ2v) is 6.65. The van der Waals surface area contributed by atoms with Crippen molar-refractivity contribution in [3.8, 4) is 11.5 Å². The van der Waals surface area contributed by atoms with Crippen LogP contribution in [0.1, 0.15) is 26.3 Å². The fourth-order valence-electron chi connectivity index (χ4n) is 2.99. The first-order valence-electron chi connectivity index (χ1n) is 9.19. The highest BCUT2D eigenvalue weighted by molar-refractivity contribution is 5.98. The van der Waals surface area contributed by atoms with E-state index in [4.69, 9.17) is 9.47 Å². The minimum atomic E-state index is -0.536. The molecule has 0 radical (unpaired) electrons. The lowest BCUT2D eigenvalue weighted by Gasteiger charge is -2.09. The van der Waals surface area contributed by atoms with Crippen LogP contribution in [0, 0.1) is 6.92 Å². The summed E-state index contributed by atoms with van der Waals surface area (Å²) in [6, 6.07) is 26.7. The van der Waals surface area contributed by atoms with Crippen LogP contribution < -0.4 is 9.47 Å². The maximum atomic E-state index is 12.7. The quantitative estimate of drug-likeness (QED) is 0.341. The summed E-state index contributed by atoms with van der Waals surface area (Å²) in [6.45, 7) is 1.95. The van der Waals surface area contributed by atoms with Gasteiger partial charge in [-0.2, -0.15) is 0 Å². The van der Waals surface area contributed by atoms with E-state index in [1.165, 1.54) is 6.07 Å². The molecule has 4 rings (SSSR count). The largest absolute Gasteiger partial charge is 0.423 e. The molecule has 0 spiro atoms. The molecule has 4 aromatic carbocycles. The number of ether oxygens (including phenoxy) is 2. The van der Waals surface area contributed by atoms with Gasteiger partial charge in [0.05, 0.1) is 11.1 Å². The van der Waals surface area contributed by atoms with E-state index in [1.807, 2.05) is 55.5 Å². The molecular weight excluding hydrogens is 364 g/mol. The van der Waals surface area contributed by atoms with Crippen molar-refractivity contribution in [3.63, 3.8) is 0 Å². The third-order valence-corrected chi connectivity index (χ3v) is 4.52. The molecule has 0 N–H and O–H groups in total. The maximum absolute atomic E-state index is 12.7. The molecule has 0 atom stereocenters. The summed E-state index contributed by atoms with van der Waals surface area (Å²) in [5.74, 6) is -0.148. The minimum absolute atomic E-state index is 0.274. The number of hydrogen-bond donors (Lipinski definition) is 0. The van der Waals surface area contributed by atoms with Gasteiger partial charge in [0.1, 0.15) is 11.5 Å². The predicted octanol–water partition coefficient (Wildman–Crippen LogP) is 5.59. The van der Waals surface area contributed by atoms with Crippen molar-refractivity contribution in [3.05, 3.63) is 108 Å². The first-order chi connectivity index (χ1) is 14.1. The molecule has 0 amide bonds. The van der Waals surface area contributed by atoms with Gasteiger partial charge in [0, 0.05) is 5.39 Å². The molecule has 0 bridgehead atoms. The van der Waals surface area contributed by atoms with Crippen LogP contribution in [0.15, 0.2) is 91.0 Å². The Labute approximate surface area is 168 Å². The third-order valence-electron chi connectivity index (χ3n) is 4.52. The van der Waals surface area contributed by atoms with Crippen molar-refractivity contribution in [1.82, 2.24) is 0 Å². The van der Waals surface area contributed by atoms with Crippen LogP contribution in [0.25, 0.3) is 10.8 Å². The van der Waals surface area contributed by atoms with Gasteiger partial charge >= 0.3 is 11.9 Å². The van der Waals surface area contributed by atoms with E-state index >= 15 is 0 Å². The molecule has 0 saturated heterocycles. The Morgan fingerprint density at radius 3 is 2.03 bits per heavy atom. The predicted molar refractivity (Wildman–Crippen MR) is 111 cm³/mol. The summed E-state index contributed by atoms with van der Waals surface area (Å²) < 4.78 is 11.0. The highest BCUT2D eigenvalue weighted by atomic mass is 16.5. The van der Waals surface area contributed by atoms with Crippen molar-refractivity contribution < 1.29 is 19.1 Å². The van der Waals surface area contributed by atoms with E-state index in [1.54, 1.807) is 36.4 Å². The fourth-order valence-corrected chi connectivity index (χ4v) is 2.99. The molecule has 0 fully saturated rings. The molecule has 142 valence electrons. The van der Waals surface area contributed by atoms with Crippen LogP contribution in [0.2, 0.25) is 0 Å². The monoisotopic (exact) mass is 382 g/mol. The Bertz CT molecular complexity index is 1190. The van der Waals surface area contributed by atoms with Gasteiger partial charge in [-0.15, -0.1) is 0 Å². The number of esters is 2. The lowest BCUT2D eigenvalue weighted by molar-refractivity contribution is 0.0734. The Kier molecular flexibility index (Phi) is 5.08. The fraction of sp³-hybridized carbons (Fsp3) is 0.0400. The summed E-state index contributed by atoms with van der Waals surface area (Å²) in [5, 5.41) is 1.83. The van der Waals surface area contributed by atoms with Gasteiger partial charge in [0.15, 0.2) is 0 Å². The van der Waals surface area contributed by atoms with E-state index in [0.29, 0.717) is 11.5 Å². The first-order valence-corrected chi connectivity index (χ1v) is 9.19. The number of aryl methyl sites for hydroxylation is 1.